The van der Waals surface area contributed by atoms with E-state index in [1.165, 1.54) is 6.42 Å². The number of carbonyl (C=O) groups excluding carboxylic acids is 1. The summed E-state index contributed by atoms with van der Waals surface area (Å²) in [7, 11) is 0. The van der Waals surface area contributed by atoms with Crippen LogP contribution in [0, 0.1) is 10.8 Å². The Labute approximate surface area is 153 Å². The number of nitrogens with zero attached hydrogens (tertiary/aromatic N) is 3. The van der Waals surface area contributed by atoms with Gasteiger partial charge in [0.2, 0.25) is 5.91 Å². The Morgan fingerprint density at radius 3 is 2.92 bits per heavy atom. The molecule has 0 spiro atoms. The van der Waals surface area contributed by atoms with E-state index in [-0.39, 0.29) is 11.3 Å². The molecule has 1 amide bonds. The van der Waals surface area contributed by atoms with Gasteiger partial charge in [-0.2, -0.15) is 0 Å². The predicted octanol–water partition coefficient (Wildman–Crippen LogP) is 4.17. The lowest BCUT2D eigenvalue weighted by Gasteiger charge is -2.39. The summed E-state index contributed by atoms with van der Waals surface area (Å²) >= 11 is 1.56. The second-order valence-corrected chi connectivity index (χ2v) is 9.63. The summed E-state index contributed by atoms with van der Waals surface area (Å²) in [5, 5.41) is 2.88. The second-order valence-electron chi connectivity index (χ2n) is 8.77. The van der Waals surface area contributed by atoms with E-state index < -0.39 is 0 Å². The first kappa shape index (κ1) is 16.7. The Bertz CT molecular complexity index is 785. The lowest BCUT2D eigenvalue weighted by molar-refractivity contribution is -0.131. The highest BCUT2D eigenvalue weighted by atomic mass is 32.1. The molecule has 2 bridgehead atoms. The van der Waals surface area contributed by atoms with Crippen molar-refractivity contribution in [2.75, 3.05) is 6.54 Å². The van der Waals surface area contributed by atoms with Crippen molar-refractivity contribution in [1.29, 1.82) is 0 Å². The molecule has 25 heavy (non-hydrogen) atoms. The molecular weight excluding hydrogens is 330 g/mol. The molecule has 2 aromatic rings. The van der Waals surface area contributed by atoms with Crippen LogP contribution in [-0.2, 0) is 11.2 Å². The summed E-state index contributed by atoms with van der Waals surface area (Å²) in [4.78, 5) is 24.0. The number of fused-ring (bicyclic) bond motifs is 2. The van der Waals surface area contributed by atoms with Crippen LogP contribution in [0.15, 0.2) is 29.8 Å². The zero-order valence-corrected chi connectivity index (χ0v) is 16.0. The van der Waals surface area contributed by atoms with Crippen molar-refractivity contribution in [1.82, 2.24) is 14.9 Å². The van der Waals surface area contributed by atoms with E-state index in [2.05, 4.69) is 35.6 Å². The Hall–Kier alpha value is -1.75. The largest absolute Gasteiger partial charge is 0.339 e. The number of thiazole rings is 1. The molecule has 2 aliphatic rings. The number of pyridine rings is 1. The summed E-state index contributed by atoms with van der Waals surface area (Å²) in [6.07, 6.45) is 5.65. The van der Waals surface area contributed by atoms with Crippen molar-refractivity contribution in [2.24, 2.45) is 10.8 Å². The van der Waals surface area contributed by atoms with Gasteiger partial charge in [-0.05, 0) is 42.2 Å². The van der Waals surface area contributed by atoms with Crippen molar-refractivity contribution in [3.05, 3.63) is 35.5 Å². The molecular formula is C20H25N3OS. The van der Waals surface area contributed by atoms with Gasteiger partial charge in [-0.1, -0.05) is 26.8 Å². The number of aromatic nitrogens is 2. The number of likely N-dealkylation sites (tertiary alicyclic amines) is 1. The molecule has 1 saturated heterocycles. The van der Waals surface area contributed by atoms with Gasteiger partial charge in [-0.3, -0.25) is 9.78 Å². The fraction of sp³-hybridized carbons (Fsp3) is 0.550. The van der Waals surface area contributed by atoms with Crippen LogP contribution in [0.3, 0.4) is 0 Å². The Kier molecular flexibility index (Phi) is 3.95. The van der Waals surface area contributed by atoms with E-state index in [1.54, 1.807) is 17.5 Å². The molecule has 2 atom stereocenters. The highest BCUT2D eigenvalue weighted by Crippen LogP contribution is 2.52. The fourth-order valence-corrected chi connectivity index (χ4v) is 5.80. The topological polar surface area (TPSA) is 46.1 Å². The lowest BCUT2D eigenvalue weighted by Crippen LogP contribution is -2.38. The summed E-state index contributed by atoms with van der Waals surface area (Å²) in [6, 6.07) is 6.21. The van der Waals surface area contributed by atoms with Gasteiger partial charge in [0.05, 0.1) is 17.8 Å². The first-order valence-corrected chi connectivity index (χ1v) is 9.87. The van der Waals surface area contributed by atoms with Crippen LogP contribution in [0.25, 0.3) is 10.7 Å². The van der Waals surface area contributed by atoms with Crippen molar-refractivity contribution >= 4 is 17.2 Å². The summed E-state index contributed by atoms with van der Waals surface area (Å²) in [5.41, 5.74) is 2.35. The van der Waals surface area contributed by atoms with E-state index in [9.17, 15) is 4.79 Å². The van der Waals surface area contributed by atoms with Crippen molar-refractivity contribution in [3.8, 4) is 10.7 Å². The minimum absolute atomic E-state index is 0.226. The number of hydrogen-bond acceptors (Lipinski definition) is 4. The highest BCUT2D eigenvalue weighted by Gasteiger charge is 2.50. The van der Waals surface area contributed by atoms with Crippen LogP contribution in [0.2, 0.25) is 0 Å². The predicted molar refractivity (Wildman–Crippen MR) is 100 cm³/mol. The molecule has 0 radical (unpaired) electrons. The number of amides is 1. The van der Waals surface area contributed by atoms with Gasteiger partial charge in [0.15, 0.2) is 0 Å². The van der Waals surface area contributed by atoms with E-state index >= 15 is 0 Å². The first-order chi connectivity index (χ1) is 11.8. The van der Waals surface area contributed by atoms with Crippen LogP contribution >= 0.6 is 11.3 Å². The Morgan fingerprint density at radius 2 is 2.16 bits per heavy atom. The average molecular weight is 356 g/mol. The maximum atomic E-state index is 12.9. The van der Waals surface area contributed by atoms with Crippen molar-refractivity contribution in [2.45, 2.75) is 52.5 Å². The molecule has 0 aromatic carbocycles. The average Bonchev–Trinajstić information content (AvgIpc) is 3.09. The maximum absolute atomic E-state index is 12.9. The van der Waals surface area contributed by atoms with Crippen LogP contribution in [-0.4, -0.2) is 33.4 Å². The normalized spacial score (nSPS) is 27.5. The number of carbonyl (C=O) groups is 1. The fourth-order valence-electron chi connectivity index (χ4n) is 5.00. The van der Waals surface area contributed by atoms with Gasteiger partial charge in [-0.25, -0.2) is 4.98 Å². The van der Waals surface area contributed by atoms with Crippen LogP contribution in [0.4, 0.5) is 0 Å². The molecule has 0 N–H and O–H groups in total. The highest BCUT2D eigenvalue weighted by molar-refractivity contribution is 7.13. The Balaban J connectivity index is 1.47. The van der Waals surface area contributed by atoms with Crippen molar-refractivity contribution in [3.63, 3.8) is 0 Å². The molecule has 1 aliphatic heterocycles. The molecule has 1 saturated carbocycles. The SMILES string of the molecule is CC1(C)CC2CC(C)(CN2C(=O)Cc2csc(-c3ccccn3)n2)C1. The Morgan fingerprint density at radius 1 is 1.32 bits per heavy atom. The summed E-state index contributed by atoms with van der Waals surface area (Å²) < 4.78 is 0. The van der Waals surface area contributed by atoms with E-state index in [1.807, 2.05) is 23.6 Å². The summed E-state index contributed by atoms with van der Waals surface area (Å²) in [5.74, 6) is 0.226. The van der Waals surface area contributed by atoms with Crippen LogP contribution < -0.4 is 0 Å². The lowest BCUT2D eigenvalue weighted by atomic mass is 9.65. The monoisotopic (exact) mass is 355 g/mol. The van der Waals surface area contributed by atoms with Gasteiger partial charge in [0, 0.05) is 24.2 Å². The molecule has 132 valence electrons. The minimum atomic E-state index is 0.226. The molecule has 2 fully saturated rings. The maximum Gasteiger partial charge on any atom is 0.228 e. The minimum Gasteiger partial charge on any atom is -0.339 e. The first-order valence-electron chi connectivity index (χ1n) is 8.99. The molecule has 3 heterocycles. The molecule has 2 unspecified atom stereocenters. The molecule has 4 nitrogen and oxygen atoms in total. The van der Waals surface area contributed by atoms with Gasteiger partial charge in [0.1, 0.15) is 5.01 Å². The zero-order valence-electron chi connectivity index (χ0n) is 15.2. The van der Waals surface area contributed by atoms with Gasteiger partial charge in [0.25, 0.3) is 0 Å². The third kappa shape index (κ3) is 3.34. The van der Waals surface area contributed by atoms with E-state index in [4.69, 9.17) is 0 Å². The van der Waals surface area contributed by atoms with Gasteiger partial charge in [-0.15, -0.1) is 11.3 Å². The van der Waals surface area contributed by atoms with Gasteiger partial charge < -0.3 is 4.90 Å². The van der Waals surface area contributed by atoms with Crippen LogP contribution in [0.1, 0.15) is 45.7 Å². The summed E-state index contributed by atoms with van der Waals surface area (Å²) in [6.45, 7) is 7.92. The van der Waals surface area contributed by atoms with Crippen molar-refractivity contribution < 1.29 is 4.79 Å². The van der Waals surface area contributed by atoms with E-state index in [0.717, 1.165) is 35.8 Å². The van der Waals surface area contributed by atoms with E-state index in [0.29, 0.717) is 17.9 Å². The quantitative estimate of drug-likeness (QED) is 0.830. The molecule has 5 heteroatoms. The number of hydrogen-bond donors (Lipinski definition) is 0. The third-order valence-corrected chi connectivity index (χ3v) is 6.42. The van der Waals surface area contributed by atoms with Crippen LogP contribution in [0.5, 0.6) is 0 Å². The molecule has 4 rings (SSSR count). The third-order valence-electron chi connectivity index (χ3n) is 5.50. The zero-order chi connectivity index (χ0) is 17.7. The van der Waals surface area contributed by atoms with Gasteiger partial charge >= 0.3 is 0 Å². The smallest absolute Gasteiger partial charge is 0.228 e. The molecule has 2 aromatic heterocycles. The second kappa shape index (κ2) is 5.90. The standard InChI is InChI=1S/C20H25N3OS/c1-19(2)9-15-10-20(3,12-19)13-23(15)17(24)8-14-11-25-18(22-14)16-6-4-5-7-21-16/h4-7,11,15H,8-10,12-13H2,1-3H3. The number of rotatable bonds is 3. The molecule has 1 aliphatic carbocycles.